The fourth-order valence-electron chi connectivity index (χ4n) is 3.75. The average Bonchev–Trinajstić information content (AvgIpc) is 2.63. The Balaban J connectivity index is 1.72. The quantitative estimate of drug-likeness (QED) is 0.797. The molecule has 3 rings (SSSR count). The Morgan fingerprint density at radius 1 is 1.04 bits per heavy atom. The summed E-state index contributed by atoms with van der Waals surface area (Å²) in [6.07, 6.45) is 2.82. The number of ether oxygens (including phenoxy) is 1. The van der Waals surface area contributed by atoms with E-state index in [4.69, 9.17) is 4.74 Å². The zero-order valence-corrected chi connectivity index (χ0v) is 16.6. The number of nitrogens with zero attached hydrogens (tertiary/aromatic N) is 1. The predicted molar refractivity (Wildman–Crippen MR) is 104 cm³/mol. The monoisotopic (exact) mass is 373 g/mol. The smallest absolute Gasteiger partial charge is 0.243 e. The molecule has 1 aliphatic rings. The van der Waals surface area contributed by atoms with E-state index in [-0.39, 0.29) is 0 Å². The zero-order valence-electron chi connectivity index (χ0n) is 15.7. The van der Waals surface area contributed by atoms with Gasteiger partial charge in [-0.1, -0.05) is 36.4 Å². The third-order valence-electron chi connectivity index (χ3n) is 5.25. The fraction of sp³-hybridized carbons (Fsp3) is 0.429. The Morgan fingerprint density at radius 3 is 2.31 bits per heavy atom. The van der Waals surface area contributed by atoms with Crippen LogP contribution in [0.15, 0.2) is 47.4 Å². The maximum Gasteiger partial charge on any atom is 0.243 e. The molecule has 0 N–H and O–H groups in total. The summed E-state index contributed by atoms with van der Waals surface area (Å²) in [4.78, 5) is 0.362. The topological polar surface area (TPSA) is 46.6 Å². The van der Waals surface area contributed by atoms with Crippen LogP contribution in [0.25, 0.3) is 0 Å². The Labute approximate surface area is 156 Å². The van der Waals surface area contributed by atoms with Crippen LogP contribution in [0.3, 0.4) is 0 Å². The van der Waals surface area contributed by atoms with Crippen molar-refractivity contribution >= 4 is 10.0 Å². The van der Waals surface area contributed by atoms with Gasteiger partial charge in [0.25, 0.3) is 0 Å². The number of piperidine rings is 1. The third kappa shape index (κ3) is 3.94. The van der Waals surface area contributed by atoms with Crippen LogP contribution < -0.4 is 4.74 Å². The van der Waals surface area contributed by atoms with Crippen molar-refractivity contribution in [2.75, 3.05) is 20.2 Å². The summed E-state index contributed by atoms with van der Waals surface area (Å²) in [5, 5.41) is 0. The molecule has 1 fully saturated rings. The van der Waals surface area contributed by atoms with E-state index in [2.05, 4.69) is 24.3 Å². The fourth-order valence-corrected chi connectivity index (χ4v) is 5.44. The molecular formula is C21H27NO3S. The van der Waals surface area contributed by atoms with Crippen LogP contribution in [-0.2, 0) is 16.4 Å². The van der Waals surface area contributed by atoms with Crippen LogP contribution in [0.5, 0.6) is 5.75 Å². The second-order valence-corrected chi connectivity index (χ2v) is 9.03. The van der Waals surface area contributed by atoms with Gasteiger partial charge >= 0.3 is 0 Å². The van der Waals surface area contributed by atoms with Gasteiger partial charge in [0, 0.05) is 19.2 Å². The molecule has 0 saturated carbocycles. The highest BCUT2D eigenvalue weighted by Crippen LogP contribution is 2.31. The lowest BCUT2D eigenvalue weighted by Crippen LogP contribution is -2.39. The predicted octanol–water partition coefficient (Wildman–Crippen LogP) is 3.96. The molecule has 1 aliphatic heterocycles. The lowest BCUT2D eigenvalue weighted by Gasteiger charge is -2.31. The summed E-state index contributed by atoms with van der Waals surface area (Å²) in [6, 6.07) is 14.0. The minimum Gasteiger partial charge on any atom is -0.496 e. The molecule has 2 aromatic rings. The van der Waals surface area contributed by atoms with Crippen LogP contribution in [-0.4, -0.2) is 32.9 Å². The van der Waals surface area contributed by atoms with Crippen molar-refractivity contribution in [3.63, 3.8) is 0 Å². The van der Waals surface area contributed by atoms with E-state index >= 15 is 0 Å². The van der Waals surface area contributed by atoms with Crippen molar-refractivity contribution in [2.45, 2.75) is 38.0 Å². The Hall–Kier alpha value is -1.85. The number of methoxy groups -OCH3 is 1. The number of rotatable bonds is 5. The molecule has 1 saturated heterocycles. The molecular weight excluding hydrogens is 346 g/mol. The molecule has 26 heavy (non-hydrogen) atoms. The molecule has 0 unspecified atom stereocenters. The summed E-state index contributed by atoms with van der Waals surface area (Å²) in [5.74, 6) is 1.16. The summed E-state index contributed by atoms with van der Waals surface area (Å²) in [6.45, 7) is 4.93. The van der Waals surface area contributed by atoms with Gasteiger partial charge in [0.05, 0.1) is 12.0 Å². The highest BCUT2D eigenvalue weighted by atomic mass is 32.2. The van der Waals surface area contributed by atoms with E-state index in [9.17, 15) is 8.42 Å². The van der Waals surface area contributed by atoms with Crippen LogP contribution >= 0.6 is 0 Å². The highest BCUT2D eigenvalue weighted by molar-refractivity contribution is 7.89. The van der Waals surface area contributed by atoms with Gasteiger partial charge in [0.1, 0.15) is 5.75 Å². The average molecular weight is 374 g/mol. The second-order valence-electron chi connectivity index (χ2n) is 7.12. The first kappa shape index (κ1) is 18.9. The van der Waals surface area contributed by atoms with Crippen molar-refractivity contribution in [2.24, 2.45) is 5.92 Å². The number of hydrogen-bond donors (Lipinski definition) is 0. The molecule has 5 heteroatoms. The molecule has 4 nitrogen and oxygen atoms in total. The van der Waals surface area contributed by atoms with Crippen molar-refractivity contribution in [3.8, 4) is 5.75 Å². The lowest BCUT2D eigenvalue weighted by atomic mass is 9.91. The molecule has 140 valence electrons. The first-order valence-electron chi connectivity index (χ1n) is 9.11. The van der Waals surface area contributed by atoms with Crippen LogP contribution in [0.1, 0.15) is 29.5 Å². The number of benzene rings is 2. The Morgan fingerprint density at radius 2 is 1.69 bits per heavy atom. The highest BCUT2D eigenvalue weighted by Gasteiger charge is 2.31. The standard InChI is InChI=1S/C21H27NO3S/c1-16-13-17(2)21(15-20(16)25-3)26(23,24)22-11-9-19(10-12-22)14-18-7-5-4-6-8-18/h4-8,13,15,19H,9-12,14H2,1-3H3. The van der Waals surface area contributed by atoms with Gasteiger partial charge in [-0.2, -0.15) is 4.31 Å². The molecule has 2 aromatic carbocycles. The molecule has 0 radical (unpaired) electrons. The summed E-state index contributed by atoms with van der Waals surface area (Å²) < 4.78 is 33.2. The van der Waals surface area contributed by atoms with Gasteiger partial charge in [0.15, 0.2) is 0 Å². The van der Waals surface area contributed by atoms with Gasteiger partial charge in [-0.15, -0.1) is 0 Å². The minimum absolute atomic E-state index is 0.362. The van der Waals surface area contributed by atoms with Crippen molar-refractivity contribution in [3.05, 3.63) is 59.2 Å². The first-order chi connectivity index (χ1) is 12.4. The van der Waals surface area contributed by atoms with Gasteiger partial charge in [-0.25, -0.2) is 8.42 Å². The largest absolute Gasteiger partial charge is 0.496 e. The molecule has 0 spiro atoms. The van der Waals surface area contributed by atoms with E-state index in [1.807, 2.05) is 26.0 Å². The number of sulfonamides is 1. The van der Waals surface area contributed by atoms with Crippen LogP contribution in [0, 0.1) is 19.8 Å². The number of hydrogen-bond acceptors (Lipinski definition) is 3. The molecule has 0 atom stereocenters. The van der Waals surface area contributed by atoms with E-state index in [0.29, 0.717) is 29.7 Å². The van der Waals surface area contributed by atoms with Crippen molar-refractivity contribution in [1.82, 2.24) is 4.31 Å². The Kier molecular flexibility index (Phi) is 5.68. The van der Waals surface area contributed by atoms with Crippen molar-refractivity contribution in [1.29, 1.82) is 0 Å². The summed E-state index contributed by atoms with van der Waals surface area (Å²) >= 11 is 0. The van der Waals surface area contributed by atoms with Crippen LogP contribution in [0.4, 0.5) is 0 Å². The first-order valence-corrected chi connectivity index (χ1v) is 10.5. The normalized spacial score (nSPS) is 16.6. The molecule has 0 bridgehead atoms. The Bertz CT molecular complexity index is 854. The van der Waals surface area contributed by atoms with E-state index in [1.165, 1.54) is 5.56 Å². The van der Waals surface area contributed by atoms with Gasteiger partial charge < -0.3 is 4.74 Å². The second kappa shape index (κ2) is 7.80. The lowest BCUT2D eigenvalue weighted by molar-refractivity contribution is 0.272. The maximum atomic E-state index is 13.1. The summed E-state index contributed by atoms with van der Waals surface area (Å²) in [5.41, 5.74) is 3.05. The van der Waals surface area contributed by atoms with Crippen LogP contribution in [0.2, 0.25) is 0 Å². The molecule has 0 aromatic heterocycles. The molecule has 0 aliphatic carbocycles. The third-order valence-corrected chi connectivity index (χ3v) is 7.29. The van der Waals surface area contributed by atoms with Gasteiger partial charge in [0.2, 0.25) is 10.0 Å². The molecule has 0 amide bonds. The minimum atomic E-state index is -3.49. The van der Waals surface area contributed by atoms with E-state index in [1.54, 1.807) is 17.5 Å². The summed E-state index contributed by atoms with van der Waals surface area (Å²) in [7, 11) is -1.91. The molecule has 1 heterocycles. The SMILES string of the molecule is COc1cc(S(=O)(=O)N2CCC(Cc3ccccc3)CC2)c(C)cc1C. The zero-order chi connectivity index (χ0) is 18.7. The van der Waals surface area contributed by atoms with E-state index in [0.717, 1.165) is 30.4 Å². The van der Waals surface area contributed by atoms with Crippen molar-refractivity contribution < 1.29 is 13.2 Å². The van der Waals surface area contributed by atoms with E-state index < -0.39 is 10.0 Å². The van der Waals surface area contributed by atoms with Gasteiger partial charge in [-0.3, -0.25) is 0 Å². The maximum absolute atomic E-state index is 13.1. The van der Waals surface area contributed by atoms with Gasteiger partial charge in [-0.05, 0) is 55.7 Å². The number of aryl methyl sites for hydroxylation is 2.